The van der Waals surface area contributed by atoms with Crippen LogP contribution in [0, 0.1) is 5.92 Å². The third-order valence-electron chi connectivity index (χ3n) is 5.49. The first-order chi connectivity index (χ1) is 12.3. The highest BCUT2D eigenvalue weighted by molar-refractivity contribution is 5.09. The molecule has 0 amide bonds. The van der Waals surface area contributed by atoms with E-state index in [2.05, 4.69) is 27.9 Å². The van der Waals surface area contributed by atoms with Crippen molar-refractivity contribution in [3.8, 4) is 0 Å². The summed E-state index contributed by atoms with van der Waals surface area (Å²) in [6.07, 6.45) is 8.34. The number of likely N-dealkylation sites (N-methyl/N-ethyl adjacent to an activating group) is 1. The molecule has 2 aromatic rings. The Morgan fingerprint density at radius 3 is 3.04 bits per heavy atom. The summed E-state index contributed by atoms with van der Waals surface area (Å²) in [5, 5.41) is 0. The number of pyridine rings is 1. The van der Waals surface area contributed by atoms with E-state index in [1.165, 1.54) is 18.4 Å². The second-order valence-corrected chi connectivity index (χ2v) is 7.35. The molecule has 3 atom stereocenters. The lowest BCUT2D eigenvalue weighted by Gasteiger charge is -2.48. The first kappa shape index (κ1) is 16.8. The standard InChI is InChI=1S/C20H27N3O2/c1-22(14-18-7-4-9-24-18)19-15-23(12-16-5-2-8-21-11-16)13-17-6-3-10-25-20(17)19/h2,4-5,7-9,11,17,19-20H,3,6,10,12-15H2,1H3/t17-,19+,20-/m0/s1. The van der Waals surface area contributed by atoms with Gasteiger partial charge in [-0.1, -0.05) is 6.07 Å². The molecule has 134 valence electrons. The minimum Gasteiger partial charge on any atom is -0.468 e. The van der Waals surface area contributed by atoms with Crippen molar-refractivity contribution in [2.24, 2.45) is 5.92 Å². The van der Waals surface area contributed by atoms with Crippen LogP contribution in [0.1, 0.15) is 24.2 Å². The molecule has 4 heterocycles. The molecule has 2 aliphatic heterocycles. The Hall–Kier alpha value is -1.69. The summed E-state index contributed by atoms with van der Waals surface area (Å²) < 4.78 is 11.8. The second kappa shape index (κ2) is 7.68. The fraction of sp³-hybridized carbons (Fsp3) is 0.550. The van der Waals surface area contributed by atoms with Gasteiger partial charge in [0.25, 0.3) is 0 Å². The van der Waals surface area contributed by atoms with E-state index >= 15 is 0 Å². The summed E-state index contributed by atoms with van der Waals surface area (Å²) in [6, 6.07) is 8.58. The van der Waals surface area contributed by atoms with Crippen LogP contribution in [0.5, 0.6) is 0 Å². The van der Waals surface area contributed by atoms with E-state index in [-0.39, 0.29) is 0 Å². The van der Waals surface area contributed by atoms with E-state index < -0.39 is 0 Å². The smallest absolute Gasteiger partial charge is 0.117 e. The number of ether oxygens (including phenoxy) is 1. The Morgan fingerprint density at radius 1 is 1.28 bits per heavy atom. The number of hydrogen-bond donors (Lipinski definition) is 0. The fourth-order valence-electron chi connectivity index (χ4n) is 4.30. The molecule has 0 bridgehead atoms. The van der Waals surface area contributed by atoms with Gasteiger partial charge in [0.05, 0.1) is 18.9 Å². The highest BCUT2D eigenvalue weighted by atomic mass is 16.5. The zero-order valence-electron chi connectivity index (χ0n) is 14.9. The number of nitrogens with zero attached hydrogens (tertiary/aromatic N) is 3. The molecule has 5 nitrogen and oxygen atoms in total. The summed E-state index contributed by atoms with van der Waals surface area (Å²) in [4.78, 5) is 9.23. The Balaban J connectivity index is 1.48. The third kappa shape index (κ3) is 3.94. The van der Waals surface area contributed by atoms with E-state index in [4.69, 9.17) is 9.15 Å². The van der Waals surface area contributed by atoms with Crippen molar-refractivity contribution in [1.82, 2.24) is 14.8 Å². The van der Waals surface area contributed by atoms with Crippen molar-refractivity contribution < 1.29 is 9.15 Å². The van der Waals surface area contributed by atoms with Crippen LogP contribution in [0.4, 0.5) is 0 Å². The first-order valence-corrected chi connectivity index (χ1v) is 9.25. The van der Waals surface area contributed by atoms with Crippen LogP contribution in [-0.4, -0.2) is 53.7 Å². The highest BCUT2D eigenvalue weighted by Crippen LogP contribution is 2.32. The molecule has 0 radical (unpaired) electrons. The van der Waals surface area contributed by atoms with E-state index in [1.807, 2.05) is 30.6 Å². The van der Waals surface area contributed by atoms with Gasteiger partial charge in [-0.05, 0) is 49.6 Å². The topological polar surface area (TPSA) is 41.7 Å². The predicted molar refractivity (Wildman–Crippen MR) is 95.9 cm³/mol. The molecule has 2 aromatic heterocycles. The maximum atomic E-state index is 6.22. The van der Waals surface area contributed by atoms with Gasteiger partial charge in [0.2, 0.25) is 0 Å². The molecule has 25 heavy (non-hydrogen) atoms. The lowest BCUT2D eigenvalue weighted by Crippen LogP contribution is -2.59. The highest BCUT2D eigenvalue weighted by Gasteiger charge is 2.41. The molecule has 2 fully saturated rings. The van der Waals surface area contributed by atoms with Gasteiger partial charge in [-0.3, -0.25) is 14.8 Å². The molecular formula is C20H27N3O2. The van der Waals surface area contributed by atoms with Crippen LogP contribution in [-0.2, 0) is 17.8 Å². The number of aromatic nitrogens is 1. The van der Waals surface area contributed by atoms with Crippen molar-refractivity contribution in [3.05, 3.63) is 54.2 Å². The number of rotatable bonds is 5. The van der Waals surface area contributed by atoms with Gasteiger partial charge in [0, 0.05) is 44.7 Å². The van der Waals surface area contributed by atoms with Crippen LogP contribution in [0.2, 0.25) is 0 Å². The molecule has 4 rings (SSSR count). The van der Waals surface area contributed by atoms with E-state index in [9.17, 15) is 0 Å². The molecule has 0 unspecified atom stereocenters. The summed E-state index contributed by atoms with van der Waals surface area (Å²) >= 11 is 0. The molecule has 0 spiro atoms. The molecule has 5 heteroatoms. The second-order valence-electron chi connectivity index (χ2n) is 7.35. The third-order valence-corrected chi connectivity index (χ3v) is 5.49. The van der Waals surface area contributed by atoms with Gasteiger partial charge in [-0.15, -0.1) is 0 Å². The van der Waals surface area contributed by atoms with Crippen molar-refractivity contribution in [1.29, 1.82) is 0 Å². The van der Waals surface area contributed by atoms with E-state index in [0.717, 1.165) is 38.5 Å². The lowest BCUT2D eigenvalue weighted by atomic mass is 9.84. The van der Waals surface area contributed by atoms with E-state index in [1.54, 1.807) is 6.26 Å². The van der Waals surface area contributed by atoms with Crippen LogP contribution in [0.15, 0.2) is 47.3 Å². The van der Waals surface area contributed by atoms with Crippen LogP contribution < -0.4 is 0 Å². The number of fused-ring (bicyclic) bond motifs is 1. The molecule has 0 saturated carbocycles. The van der Waals surface area contributed by atoms with Gasteiger partial charge < -0.3 is 9.15 Å². The van der Waals surface area contributed by atoms with Crippen molar-refractivity contribution in [2.45, 2.75) is 38.1 Å². The summed E-state index contributed by atoms with van der Waals surface area (Å²) in [5.74, 6) is 1.63. The van der Waals surface area contributed by atoms with Gasteiger partial charge in [0.15, 0.2) is 0 Å². The van der Waals surface area contributed by atoms with Crippen LogP contribution >= 0.6 is 0 Å². The Labute approximate surface area is 149 Å². The molecule has 0 N–H and O–H groups in total. The SMILES string of the molecule is CN(Cc1ccco1)[C@@H]1CN(Cc2cccnc2)C[C@@H]2CCCO[C@@H]21. The van der Waals surface area contributed by atoms with Crippen LogP contribution in [0.3, 0.4) is 0 Å². The number of piperidine rings is 1. The Morgan fingerprint density at radius 2 is 2.24 bits per heavy atom. The normalized spacial score (nSPS) is 27.4. The average molecular weight is 341 g/mol. The average Bonchev–Trinajstić information content (AvgIpc) is 3.15. The number of hydrogen-bond acceptors (Lipinski definition) is 5. The summed E-state index contributed by atoms with van der Waals surface area (Å²) in [7, 11) is 2.19. The van der Waals surface area contributed by atoms with Gasteiger partial charge in [-0.25, -0.2) is 0 Å². The van der Waals surface area contributed by atoms with E-state index in [0.29, 0.717) is 18.1 Å². The molecule has 0 aromatic carbocycles. The fourth-order valence-corrected chi connectivity index (χ4v) is 4.30. The molecular weight excluding hydrogens is 314 g/mol. The predicted octanol–water partition coefficient (Wildman–Crippen LogP) is 2.79. The lowest BCUT2D eigenvalue weighted by molar-refractivity contribution is -0.113. The monoisotopic (exact) mass is 341 g/mol. The minimum absolute atomic E-state index is 0.332. The summed E-state index contributed by atoms with van der Waals surface area (Å²) in [5.41, 5.74) is 1.28. The van der Waals surface area contributed by atoms with Crippen LogP contribution in [0.25, 0.3) is 0 Å². The molecule has 2 saturated heterocycles. The number of likely N-dealkylation sites (tertiary alicyclic amines) is 1. The first-order valence-electron chi connectivity index (χ1n) is 9.25. The Bertz CT molecular complexity index is 646. The maximum Gasteiger partial charge on any atom is 0.117 e. The Kier molecular flexibility index (Phi) is 5.15. The minimum atomic E-state index is 0.332. The number of furan rings is 1. The van der Waals surface area contributed by atoms with Crippen molar-refractivity contribution in [2.75, 3.05) is 26.7 Å². The zero-order chi connectivity index (χ0) is 17.1. The van der Waals surface area contributed by atoms with Crippen molar-refractivity contribution in [3.63, 3.8) is 0 Å². The van der Waals surface area contributed by atoms with Crippen molar-refractivity contribution >= 4 is 0 Å². The van der Waals surface area contributed by atoms with Gasteiger partial charge >= 0.3 is 0 Å². The largest absolute Gasteiger partial charge is 0.468 e. The maximum absolute atomic E-state index is 6.22. The molecule has 2 aliphatic rings. The summed E-state index contributed by atoms with van der Waals surface area (Å²) in [6.45, 7) is 4.82. The van der Waals surface area contributed by atoms with Gasteiger partial charge in [-0.2, -0.15) is 0 Å². The zero-order valence-corrected chi connectivity index (χ0v) is 14.9. The van der Waals surface area contributed by atoms with Gasteiger partial charge in [0.1, 0.15) is 5.76 Å². The molecule has 0 aliphatic carbocycles. The quantitative estimate of drug-likeness (QED) is 0.836.